The molecule has 0 bridgehead atoms. The quantitative estimate of drug-likeness (QED) is 0.886. The number of rotatable bonds is 4. The van der Waals surface area contributed by atoms with Crippen molar-refractivity contribution in [2.75, 3.05) is 0 Å². The second-order valence-corrected chi connectivity index (χ2v) is 6.30. The maximum Gasteiger partial charge on any atom is 0.247 e. The molecule has 2 N–H and O–H groups in total. The fourth-order valence-electron chi connectivity index (χ4n) is 1.39. The van der Waals surface area contributed by atoms with E-state index in [1.165, 1.54) is 29.7 Å². The summed E-state index contributed by atoms with van der Waals surface area (Å²) in [4.78, 5) is 13.3. The molecule has 0 aliphatic carbocycles. The van der Waals surface area contributed by atoms with Crippen LogP contribution in [0.25, 0.3) is 0 Å². The summed E-state index contributed by atoms with van der Waals surface area (Å²) >= 11 is 1.53. The summed E-state index contributed by atoms with van der Waals surface area (Å²) in [7, 11) is -3.59. The highest BCUT2D eigenvalue weighted by molar-refractivity contribution is 7.89. The third-order valence-corrected chi connectivity index (χ3v) is 4.79. The molecule has 2 heterocycles. The van der Waals surface area contributed by atoms with Gasteiger partial charge in [-0.1, -0.05) is 0 Å². The average molecular weight is 284 g/mol. The van der Waals surface area contributed by atoms with Gasteiger partial charge in [0, 0.05) is 18.8 Å². The van der Waals surface area contributed by atoms with Crippen molar-refractivity contribution in [3.63, 3.8) is 0 Å². The van der Waals surface area contributed by atoms with E-state index in [4.69, 9.17) is 0 Å². The number of aryl methyl sites for hydroxylation is 1. The summed E-state index contributed by atoms with van der Waals surface area (Å²) < 4.78 is 26.3. The van der Waals surface area contributed by atoms with Crippen LogP contribution >= 0.6 is 11.3 Å². The molecule has 96 valence electrons. The van der Waals surface area contributed by atoms with Gasteiger partial charge in [-0.25, -0.2) is 13.1 Å². The van der Waals surface area contributed by atoms with Crippen molar-refractivity contribution in [3.8, 4) is 0 Å². The van der Waals surface area contributed by atoms with Crippen molar-refractivity contribution in [2.24, 2.45) is 0 Å². The lowest BCUT2D eigenvalue weighted by atomic mass is 10.2. The normalized spacial score (nSPS) is 11.6. The molecule has 2 aromatic heterocycles. The number of sulfonamides is 1. The third-order valence-electron chi connectivity index (χ3n) is 2.48. The zero-order valence-electron chi connectivity index (χ0n) is 9.64. The molecular weight excluding hydrogens is 272 g/mol. The minimum atomic E-state index is -3.59. The van der Waals surface area contributed by atoms with Crippen LogP contribution in [0, 0.1) is 6.92 Å². The average Bonchev–Trinajstić information content (AvgIpc) is 2.73. The Morgan fingerprint density at radius 1 is 1.33 bits per heavy atom. The zero-order chi connectivity index (χ0) is 13.2. The summed E-state index contributed by atoms with van der Waals surface area (Å²) in [6.45, 7) is 2.18. The summed E-state index contributed by atoms with van der Waals surface area (Å²) in [6.07, 6.45) is 1.19. The Kier molecular flexibility index (Phi) is 3.65. The largest absolute Gasteiger partial charge is 0.328 e. The molecule has 5 nitrogen and oxygen atoms in total. The van der Waals surface area contributed by atoms with Crippen LogP contribution in [0.3, 0.4) is 0 Å². The van der Waals surface area contributed by atoms with E-state index in [1.54, 1.807) is 0 Å². The molecule has 2 aromatic rings. The van der Waals surface area contributed by atoms with Crippen LogP contribution in [0.2, 0.25) is 0 Å². The molecule has 0 aliphatic rings. The van der Waals surface area contributed by atoms with Gasteiger partial charge in [0.15, 0.2) is 0 Å². The SMILES string of the molecule is Cc1cscc1CNS(=O)(=O)c1ccc(=O)[nH]c1. The lowest BCUT2D eigenvalue weighted by molar-refractivity contribution is 0.581. The van der Waals surface area contributed by atoms with Gasteiger partial charge in [0.05, 0.1) is 4.90 Å². The van der Waals surface area contributed by atoms with Gasteiger partial charge in [-0.3, -0.25) is 4.79 Å². The van der Waals surface area contributed by atoms with E-state index in [-0.39, 0.29) is 17.0 Å². The topological polar surface area (TPSA) is 79.0 Å². The fraction of sp³-hybridized carbons (Fsp3) is 0.182. The Hall–Kier alpha value is -1.44. The van der Waals surface area contributed by atoms with E-state index >= 15 is 0 Å². The molecule has 7 heteroatoms. The molecule has 0 atom stereocenters. The number of hydrogen-bond donors (Lipinski definition) is 2. The number of aromatic amines is 1. The second-order valence-electron chi connectivity index (χ2n) is 3.79. The Labute approximate surface area is 109 Å². The second kappa shape index (κ2) is 5.05. The minimum absolute atomic E-state index is 0.0509. The molecule has 2 rings (SSSR count). The number of nitrogens with one attached hydrogen (secondary N) is 2. The van der Waals surface area contributed by atoms with Crippen LogP contribution in [0.4, 0.5) is 0 Å². The molecule has 0 fully saturated rings. The van der Waals surface area contributed by atoms with Gasteiger partial charge < -0.3 is 4.98 Å². The van der Waals surface area contributed by atoms with Crippen LogP contribution in [-0.4, -0.2) is 13.4 Å². The smallest absolute Gasteiger partial charge is 0.247 e. The lowest BCUT2D eigenvalue weighted by Gasteiger charge is -2.06. The van der Waals surface area contributed by atoms with E-state index in [9.17, 15) is 13.2 Å². The van der Waals surface area contributed by atoms with E-state index in [0.29, 0.717) is 0 Å². The van der Waals surface area contributed by atoms with Crippen molar-refractivity contribution in [1.29, 1.82) is 0 Å². The number of pyridine rings is 1. The van der Waals surface area contributed by atoms with Crippen LogP contribution in [-0.2, 0) is 16.6 Å². The highest BCUT2D eigenvalue weighted by Gasteiger charge is 2.14. The zero-order valence-corrected chi connectivity index (χ0v) is 11.3. The Balaban J connectivity index is 2.15. The first kappa shape index (κ1) is 13.0. The molecule has 0 spiro atoms. The van der Waals surface area contributed by atoms with Gasteiger partial charge in [-0.2, -0.15) is 11.3 Å². The van der Waals surface area contributed by atoms with Gasteiger partial charge in [-0.15, -0.1) is 0 Å². The van der Waals surface area contributed by atoms with E-state index in [1.807, 2.05) is 17.7 Å². The van der Waals surface area contributed by atoms with Gasteiger partial charge >= 0.3 is 0 Å². The van der Waals surface area contributed by atoms with E-state index in [2.05, 4.69) is 9.71 Å². The van der Waals surface area contributed by atoms with Crippen molar-refractivity contribution in [2.45, 2.75) is 18.4 Å². The number of aromatic nitrogens is 1. The molecule has 0 aromatic carbocycles. The minimum Gasteiger partial charge on any atom is -0.328 e. The van der Waals surface area contributed by atoms with Gasteiger partial charge in [0.25, 0.3) is 0 Å². The van der Waals surface area contributed by atoms with Crippen LogP contribution in [0.15, 0.2) is 38.8 Å². The van der Waals surface area contributed by atoms with Crippen LogP contribution < -0.4 is 10.3 Å². The van der Waals surface area contributed by atoms with Crippen molar-refractivity contribution in [1.82, 2.24) is 9.71 Å². The maximum absolute atomic E-state index is 11.9. The van der Waals surface area contributed by atoms with Crippen molar-refractivity contribution >= 4 is 21.4 Å². The van der Waals surface area contributed by atoms with Gasteiger partial charge in [0.1, 0.15) is 0 Å². The van der Waals surface area contributed by atoms with Crippen LogP contribution in [0.1, 0.15) is 11.1 Å². The molecule has 0 saturated heterocycles. The highest BCUT2D eigenvalue weighted by Crippen LogP contribution is 2.14. The van der Waals surface area contributed by atoms with E-state index in [0.717, 1.165) is 11.1 Å². The fourth-order valence-corrected chi connectivity index (χ4v) is 3.22. The standard InChI is InChI=1S/C11H12N2O3S2/c1-8-6-17-7-9(8)4-13-18(15,16)10-2-3-11(14)12-5-10/h2-3,5-7,13H,4H2,1H3,(H,12,14). The summed E-state index contributed by atoms with van der Waals surface area (Å²) in [5.41, 5.74) is 1.68. The summed E-state index contributed by atoms with van der Waals surface area (Å²) in [5.74, 6) is 0. The van der Waals surface area contributed by atoms with Crippen LogP contribution in [0.5, 0.6) is 0 Å². The molecule has 0 unspecified atom stereocenters. The Morgan fingerprint density at radius 3 is 2.67 bits per heavy atom. The maximum atomic E-state index is 11.9. The van der Waals surface area contributed by atoms with Crippen molar-refractivity contribution < 1.29 is 8.42 Å². The third kappa shape index (κ3) is 2.87. The first-order chi connectivity index (χ1) is 8.49. The number of H-pyrrole nitrogens is 1. The predicted molar refractivity (Wildman–Crippen MR) is 70.1 cm³/mol. The first-order valence-corrected chi connectivity index (χ1v) is 7.62. The monoisotopic (exact) mass is 284 g/mol. The Morgan fingerprint density at radius 2 is 2.11 bits per heavy atom. The summed E-state index contributed by atoms with van der Waals surface area (Å²) in [5, 5.41) is 3.87. The lowest BCUT2D eigenvalue weighted by Crippen LogP contribution is -2.24. The Bertz CT molecular complexity index is 681. The van der Waals surface area contributed by atoms with Gasteiger partial charge in [-0.05, 0) is 34.9 Å². The first-order valence-electron chi connectivity index (χ1n) is 5.19. The summed E-state index contributed by atoms with van der Waals surface area (Å²) in [6, 6.07) is 2.46. The number of thiophene rings is 1. The van der Waals surface area contributed by atoms with Gasteiger partial charge in [0.2, 0.25) is 15.6 Å². The molecule has 0 radical (unpaired) electrons. The molecular formula is C11H12N2O3S2. The molecule has 0 aliphatic heterocycles. The van der Waals surface area contributed by atoms with Crippen molar-refractivity contribution in [3.05, 3.63) is 50.6 Å². The highest BCUT2D eigenvalue weighted by atomic mass is 32.2. The molecule has 0 amide bonds. The molecule has 0 saturated carbocycles. The van der Waals surface area contributed by atoms with E-state index < -0.39 is 10.0 Å². The predicted octanol–water partition coefficient (Wildman–Crippen LogP) is 1.22. The number of hydrogen-bond acceptors (Lipinski definition) is 4. The molecule has 18 heavy (non-hydrogen) atoms.